The number of fused-ring (bicyclic) bond motifs is 1. The monoisotopic (exact) mass is 365 g/mol. The molecular weight excluding hydrogens is 338 g/mol. The van der Waals surface area contributed by atoms with Crippen LogP contribution >= 0.6 is 0 Å². The van der Waals surface area contributed by atoms with Gasteiger partial charge in [0.2, 0.25) is 5.91 Å². The van der Waals surface area contributed by atoms with Crippen molar-refractivity contribution in [3.63, 3.8) is 0 Å². The molecule has 2 aliphatic rings. The van der Waals surface area contributed by atoms with Crippen molar-refractivity contribution in [2.45, 2.75) is 51.6 Å². The molecule has 27 heavy (non-hydrogen) atoms. The van der Waals surface area contributed by atoms with Gasteiger partial charge >= 0.3 is 0 Å². The molecule has 1 saturated heterocycles. The maximum absolute atomic E-state index is 13.2. The molecule has 6 heteroatoms. The van der Waals surface area contributed by atoms with Gasteiger partial charge < -0.3 is 4.90 Å². The molecule has 1 fully saturated rings. The van der Waals surface area contributed by atoms with Gasteiger partial charge in [0.25, 0.3) is 0 Å². The first-order valence-corrected chi connectivity index (χ1v) is 9.93. The minimum absolute atomic E-state index is 0.0389. The van der Waals surface area contributed by atoms with Crippen molar-refractivity contribution < 1.29 is 4.79 Å². The Labute approximate surface area is 160 Å². The van der Waals surface area contributed by atoms with E-state index in [4.69, 9.17) is 0 Å². The molecule has 2 aromatic heterocycles. The minimum Gasteiger partial charge on any atom is -0.341 e. The predicted molar refractivity (Wildman–Crippen MR) is 104 cm³/mol. The summed E-state index contributed by atoms with van der Waals surface area (Å²) >= 11 is 0. The van der Waals surface area contributed by atoms with Gasteiger partial charge in [-0.05, 0) is 51.8 Å². The Kier molecular flexibility index (Phi) is 5.16. The largest absolute Gasteiger partial charge is 0.341 e. The second-order valence-corrected chi connectivity index (χ2v) is 7.70. The van der Waals surface area contributed by atoms with Crippen LogP contribution in [-0.2, 0) is 17.6 Å². The van der Waals surface area contributed by atoms with Crippen LogP contribution in [0.25, 0.3) is 11.3 Å². The molecule has 1 atom stereocenters. The molecule has 1 amide bonds. The van der Waals surface area contributed by atoms with E-state index in [-0.39, 0.29) is 11.9 Å². The van der Waals surface area contributed by atoms with E-state index in [1.54, 1.807) is 18.7 Å². The number of hydrogen-bond acceptors (Lipinski definition) is 5. The van der Waals surface area contributed by atoms with Crippen LogP contribution in [0.4, 0.5) is 0 Å². The Morgan fingerprint density at radius 2 is 1.89 bits per heavy atom. The van der Waals surface area contributed by atoms with Crippen molar-refractivity contribution in [2.24, 2.45) is 0 Å². The second kappa shape index (κ2) is 7.72. The summed E-state index contributed by atoms with van der Waals surface area (Å²) in [6.07, 6.45) is 8.89. The zero-order chi connectivity index (χ0) is 18.8. The van der Waals surface area contributed by atoms with Crippen LogP contribution in [0.1, 0.15) is 37.9 Å². The molecule has 142 valence electrons. The van der Waals surface area contributed by atoms with Crippen molar-refractivity contribution in [3.8, 4) is 11.3 Å². The van der Waals surface area contributed by atoms with Gasteiger partial charge in [-0.3, -0.25) is 14.7 Å². The highest BCUT2D eigenvalue weighted by molar-refractivity contribution is 5.82. The number of aromatic nitrogens is 3. The van der Waals surface area contributed by atoms with Gasteiger partial charge in [-0.2, -0.15) is 0 Å². The quantitative estimate of drug-likeness (QED) is 0.835. The third kappa shape index (κ3) is 3.58. The molecular formula is C21H27N5O. The van der Waals surface area contributed by atoms with Crippen LogP contribution in [0.5, 0.6) is 0 Å². The first-order chi connectivity index (χ1) is 13.1. The number of pyridine rings is 1. The summed E-state index contributed by atoms with van der Waals surface area (Å²) in [4.78, 5) is 30.8. The van der Waals surface area contributed by atoms with E-state index >= 15 is 0 Å². The standard InChI is InChI=1S/C21H27N5O/c1-15(2)26-11-3-4-19(26)21(27)25-12-7-17-18(8-13-25)23-14-24-20(17)16-5-9-22-10-6-16/h5-6,9-10,14-15,19H,3-4,7-8,11-13H2,1-2H3/t19-/m0/s1. The fourth-order valence-corrected chi connectivity index (χ4v) is 4.39. The van der Waals surface area contributed by atoms with E-state index in [1.165, 1.54) is 5.56 Å². The SMILES string of the molecule is CC(C)N1CCC[C@H]1C(=O)N1CCc2ncnc(-c3ccncc3)c2CC1. The van der Waals surface area contributed by atoms with E-state index < -0.39 is 0 Å². The van der Waals surface area contributed by atoms with Crippen LogP contribution in [0, 0.1) is 0 Å². The molecule has 6 nitrogen and oxygen atoms in total. The average molecular weight is 365 g/mol. The third-order valence-corrected chi connectivity index (χ3v) is 5.79. The van der Waals surface area contributed by atoms with Crippen LogP contribution in [0.15, 0.2) is 30.9 Å². The molecule has 4 rings (SSSR count). The van der Waals surface area contributed by atoms with Crippen LogP contribution in [-0.4, -0.2) is 62.4 Å². The second-order valence-electron chi connectivity index (χ2n) is 7.70. The fraction of sp³-hybridized carbons (Fsp3) is 0.524. The molecule has 0 aliphatic carbocycles. The molecule has 0 bridgehead atoms. The lowest BCUT2D eigenvalue weighted by molar-refractivity contribution is -0.136. The maximum Gasteiger partial charge on any atom is 0.239 e. The van der Waals surface area contributed by atoms with Crippen LogP contribution < -0.4 is 0 Å². The molecule has 0 radical (unpaired) electrons. The van der Waals surface area contributed by atoms with Crippen LogP contribution in [0.3, 0.4) is 0 Å². The van der Waals surface area contributed by atoms with Crippen LogP contribution in [0.2, 0.25) is 0 Å². The van der Waals surface area contributed by atoms with E-state index in [0.29, 0.717) is 6.04 Å². The van der Waals surface area contributed by atoms with E-state index in [1.807, 2.05) is 17.0 Å². The number of rotatable bonds is 3. The minimum atomic E-state index is 0.0389. The Bertz CT molecular complexity index is 807. The number of nitrogens with zero attached hydrogens (tertiary/aromatic N) is 5. The molecule has 2 aliphatic heterocycles. The zero-order valence-corrected chi connectivity index (χ0v) is 16.1. The normalized spacial score (nSPS) is 20.6. The van der Waals surface area contributed by atoms with Gasteiger partial charge in [-0.1, -0.05) is 0 Å². The summed E-state index contributed by atoms with van der Waals surface area (Å²) in [7, 11) is 0. The lowest BCUT2D eigenvalue weighted by atomic mass is 10.0. The van der Waals surface area contributed by atoms with Gasteiger partial charge in [0.15, 0.2) is 0 Å². The number of likely N-dealkylation sites (tertiary alicyclic amines) is 1. The molecule has 2 aromatic rings. The molecule has 0 saturated carbocycles. The molecule has 0 aromatic carbocycles. The fourth-order valence-electron chi connectivity index (χ4n) is 4.39. The Morgan fingerprint density at radius 3 is 2.67 bits per heavy atom. The lowest BCUT2D eigenvalue weighted by Crippen LogP contribution is -2.48. The summed E-state index contributed by atoms with van der Waals surface area (Å²) in [5.74, 6) is 0.285. The maximum atomic E-state index is 13.2. The van der Waals surface area contributed by atoms with Crippen molar-refractivity contribution in [3.05, 3.63) is 42.1 Å². The van der Waals surface area contributed by atoms with Crippen molar-refractivity contribution >= 4 is 5.91 Å². The van der Waals surface area contributed by atoms with Crippen molar-refractivity contribution in [1.29, 1.82) is 0 Å². The third-order valence-electron chi connectivity index (χ3n) is 5.79. The van der Waals surface area contributed by atoms with Crippen molar-refractivity contribution in [1.82, 2.24) is 24.8 Å². The smallest absolute Gasteiger partial charge is 0.239 e. The molecule has 0 N–H and O–H groups in total. The van der Waals surface area contributed by atoms with Gasteiger partial charge in [-0.25, -0.2) is 9.97 Å². The number of carbonyl (C=O) groups excluding carboxylic acids is 1. The number of hydrogen-bond donors (Lipinski definition) is 0. The van der Waals surface area contributed by atoms with Crippen molar-refractivity contribution in [2.75, 3.05) is 19.6 Å². The summed E-state index contributed by atoms with van der Waals surface area (Å²) < 4.78 is 0. The highest BCUT2D eigenvalue weighted by Gasteiger charge is 2.35. The summed E-state index contributed by atoms with van der Waals surface area (Å²) in [6, 6.07) is 4.41. The average Bonchev–Trinajstić information content (AvgIpc) is 3.09. The summed E-state index contributed by atoms with van der Waals surface area (Å²) in [6.45, 7) is 6.86. The van der Waals surface area contributed by atoms with Gasteiger partial charge in [0.1, 0.15) is 6.33 Å². The van der Waals surface area contributed by atoms with E-state index in [2.05, 4.69) is 33.7 Å². The van der Waals surface area contributed by atoms with Gasteiger partial charge in [-0.15, -0.1) is 0 Å². The van der Waals surface area contributed by atoms with Gasteiger partial charge in [0, 0.05) is 54.8 Å². The Hall–Kier alpha value is -2.34. The summed E-state index contributed by atoms with van der Waals surface area (Å²) in [5.41, 5.74) is 4.27. The first-order valence-electron chi connectivity index (χ1n) is 9.93. The highest BCUT2D eigenvalue weighted by atomic mass is 16.2. The molecule has 0 unspecified atom stereocenters. The number of carbonyl (C=O) groups is 1. The summed E-state index contributed by atoms with van der Waals surface area (Å²) in [5, 5.41) is 0. The van der Waals surface area contributed by atoms with E-state index in [9.17, 15) is 4.79 Å². The highest BCUT2D eigenvalue weighted by Crippen LogP contribution is 2.27. The van der Waals surface area contributed by atoms with Gasteiger partial charge in [0.05, 0.1) is 11.7 Å². The predicted octanol–water partition coefficient (Wildman–Crippen LogP) is 2.34. The lowest BCUT2D eigenvalue weighted by Gasteiger charge is -2.31. The van der Waals surface area contributed by atoms with E-state index in [0.717, 1.165) is 62.3 Å². The number of amides is 1. The zero-order valence-electron chi connectivity index (χ0n) is 16.1. The first kappa shape index (κ1) is 18.0. The Morgan fingerprint density at radius 1 is 1.11 bits per heavy atom. The molecule has 0 spiro atoms. The molecule has 4 heterocycles. The topological polar surface area (TPSA) is 62.2 Å². The Balaban J connectivity index is 1.55.